The number of hydrogen-bond donors (Lipinski definition) is 2. The Hall–Kier alpha value is -3.29. The number of amides is 2. The van der Waals surface area contributed by atoms with Crippen molar-refractivity contribution in [1.82, 2.24) is 0 Å². The molecule has 2 aromatic carbocycles. The van der Waals surface area contributed by atoms with Crippen molar-refractivity contribution in [3.05, 3.63) is 59.7 Å². The Morgan fingerprint density at radius 2 is 1.11 bits per heavy atom. The summed E-state index contributed by atoms with van der Waals surface area (Å²) in [5, 5.41) is 22.8. The van der Waals surface area contributed by atoms with Gasteiger partial charge in [-0.1, -0.05) is 24.3 Å². The first kappa shape index (κ1) is 20.0. The van der Waals surface area contributed by atoms with Crippen LogP contribution < -0.4 is 10.6 Å². The van der Waals surface area contributed by atoms with E-state index in [0.717, 1.165) is 11.1 Å². The molecule has 0 radical (unpaired) electrons. The number of hydrogen-bond acceptors (Lipinski definition) is 5. The Bertz CT molecular complexity index is 791. The van der Waals surface area contributed by atoms with E-state index in [4.69, 9.17) is 10.5 Å². The zero-order chi connectivity index (χ0) is 19.5. The number of carbonyl (C=O) groups is 2. The molecule has 27 heavy (non-hydrogen) atoms. The highest BCUT2D eigenvalue weighted by Crippen LogP contribution is 2.12. The van der Waals surface area contributed by atoms with Crippen LogP contribution in [-0.4, -0.2) is 23.3 Å². The number of benzene rings is 2. The number of thioether (sulfide) groups is 1. The van der Waals surface area contributed by atoms with Crippen molar-refractivity contribution in [2.24, 2.45) is 0 Å². The maximum absolute atomic E-state index is 11.9. The molecular weight excluding hydrogens is 360 g/mol. The predicted octanol–water partition coefficient (Wildman–Crippen LogP) is 3.13. The van der Waals surface area contributed by atoms with Crippen molar-refractivity contribution in [1.29, 1.82) is 10.5 Å². The van der Waals surface area contributed by atoms with E-state index in [0.29, 0.717) is 24.2 Å². The van der Waals surface area contributed by atoms with E-state index in [2.05, 4.69) is 22.8 Å². The third-order valence-electron chi connectivity index (χ3n) is 3.51. The van der Waals surface area contributed by atoms with E-state index >= 15 is 0 Å². The molecule has 0 saturated heterocycles. The maximum atomic E-state index is 11.9. The van der Waals surface area contributed by atoms with Gasteiger partial charge < -0.3 is 10.6 Å². The van der Waals surface area contributed by atoms with Gasteiger partial charge in [0.2, 0.25) is 11.8 Å². The first-order valence-corrected chi connectivity index (χ1v) is 9.35. The number of nitriles is 2. The molecule has 2 amide bonds. The highest BCUT2D eigenvalue weighted by Gasteiger charge is 2.07. The molecule has 2 rings (SSSR count). The first-order valence-electron chi connectivity index (χ1n) is 8.20. The average Bonchev–Trinajstić information content (AvgIpc) is 2.65. The summed E-state index contributed by atoms with van der Waals surface area (Å²) >= 11 is 1.22. The lowest BCUT2D eigenvalue weighted by Crippen LogP contribution is -2.18. The van der Waals surface area contributed by atoms with Gasteiger partial charge in [0.15, 0.2) is 0 Å². The topological polar surface area (TPSA) is 106 Å². The van der Waals surface area contributed by atoms with Crippen molar-refractivity contribution < 1.29 is 9.59 Å². The number of nitrogens with zero attached hydrogens (tertiary/aromatic N) is 2. The van der Waals surface area contributed by atoms with Crippen LogP contribution in [0.3, 0.4) is 0 Å². The molecule has 0 fully saturated rings. The van der Waals surface area contributed by atoms with Crippen LogP contribution in [0.2, 0.25) is 0 Å². The summed E-state index contributed by atoms with van der Waals surface area (Å²) in [5.41, 5.74) is 3.10. The Labute approximate surface area is 162 Å². The van der Waals surface area contributed by atoms with Crippen LogP contribution >= 0.6 is 11.8 Å². The van der Waals surface area contributed by atoms with Crippen LogP contribution in [0.4, 0.5) is 11.4 Å². The smallest absolute Gasteiger partial charge is 0.234 e. The molecule has 0 bridgehead atoms. The van der Waals surface area contributed by atoms with Crippen LogP contribution in [0.15, 0.2) is 48.5 Å². The molecule has 0 saturated carbocycles. The normalized spacial score (nSPS) is 9.70. The minimum Gasteiger partial charge on any atom is -0.325 e. The lowest BCUT2D eigenvalue weighted by molar-refractivity contribution is -0.114. The molecule has 0 spiro atoms. The molecule has 0 aliphatic heterocycles. The fourth-order valence-electron chi connectivity index (χ4n) is 2.23. The summed E-state index contributed by atoms with van der Waals surface area (Å²) in [7, 11) is 0. The summed E-state index contributed by atoms with van der Waals surface area (Å²) in [6, 6.07) is 18.3. The summed E-state index contributed by atoms with van der Waals surface area (Å²) in [6.07, 6.45) is 0.667. The Morgan fingerprint density at radius 3 is 1.44 bits per heavy atom. The lowest BCUT2D eigenvalue weighted by Gasteiger charge is -2.07. The number of anilines is 2. The average molecular weight is 378 g/mol. The first-order chi connectivity index (χ1) is 13.1. The molecular formula is C20H18N4O2S. The van der Waals surface area contributed by atoms with Gasteiger partial charge in [-0.25, -0.2) is 0 Å². The summed E-state index contributed by atoms with van der Waals surface area (Å²) in [4.78, 5) is 23.8. The maximum Gasteiger partial charge on any atom is 0.234 e. The minimum atomic E-state index is -0.193. The van der Waals surface area contributed by atoms with Gasteiger partial charge in [-0.2, -0.15) is 10.5 Å². The van der Waals surface area contributed by atoms with E-state index in [-0.39, 0.29) is 23.3 Å². The Kier molecular flexibility index (Phi) is 7.90. The molecule has 0 unspecified atom stereocenters. The molecule has 0 aliphatic carbocycles. The molecule has 2 aromatic rings. The zero-order valence-corrected chi connectivity index (χ0v) is 15.4. The van der Waals surface area contributed by atoms with Crippen molar-refractivity contribution in [3.8, 4) is 12.1 Å². The van der Waals surface area contributed by atoms with Gasteiger partial charge in [-0.15, -0.1) is 11.8 Å². The Balaban J connectivity index is 1.70. The van der Waals surface area contributed by atoms with Crippen LogP contribution in [0.1, 0.15) is 11.1 Å². The molecule has 0 aromatic heterocycles. The predicted molar refractivity (Wildman–Crippen MR) is 106 cm³/mol. The van der Waals surface area contributed by atoms with Crippen molar-refractivity contribution in [3.63, 3.8) is 0 Å². The van der Waals surface area contributed by atoms with Crippen molar-refractivity contribution in [2.45, 2.75) is 12.8 Å². The van der Waals surface area contributed by atoms with Crippen LogP contribution in [-0.2, 0) is 22.4 Å². The van der Waals surface area contributed by atoms with Gasteiger partial charge in [-0.05, 0) is 35.4 Å². The summed E-state index contributed by atoms with van der Waals surface area (Å²) in [5.74, 6) is -0.0634. The number of carbonyl (C=O) groups excluding carboxylic acids is 2. The third kappa shape index (κ3) is 7.23. The van der Waals surface area contributed by atoms with Crippen LogP contribution in [0.25, 0.3) is 0 Å². The second-order valence-electron chi connectivity index (χ2n) is 5.65. The summed E-state index contributed by atoms with van der Waals surface area (Å²) < 4.78 is 0. The van der Waals surface area contributed by atoms with E-state index in [1.807, 2.05) is 0 Å². The summed E-state index contributed by atoms with van der Waals surface area (Å²) in [6.45, 7) is 0. The monoisotopic (exact) mass is 378 g/mol. The van der Waals surface area contributed by atoms with Gasteiger partial charge in [-0.3, -0.25) is 9.59 Å². The van der Waals surface area contributed by atoms with Gasteiger partial charge >= 0.3 is 0 Å². The SMILES string of the molecule is N#CCc1ccc(NC(=O)CSCC(=O)Nc2ccc(CC#N)cc2)cc1. The molecule has 6 nitrogen and oxygen atoms in total. The molecule has 2 N–H and O–H groups in total. The van der Waals surface area contributed by atoms with Crippen molar-refractivity contribution in [2.75, 3.05) is 22.1 Å². The fourth-order valence-corrected chi connectivity index (χ4v) is 2.84. The fraction of sp³-hybridized carbons (Fsp3) is 0.200. The standard InChI is InChI=1S/C20H18N4O2S/c21-11-9-15-1-5-17(6-2-15)23-19(25)13-27-14-20(26)24-18-7-3-16(4-8-18)10-12-22/h1-8H,9-10,13-14H2,(H,23,25)(H,24,26). The second kappa shape index (κ2) is 10.6. The lowest BCUT2D eigenvalue weighted by atomic mass is 10.1. The molecule has 0 aliphatic rings. The van der Waals surface area contributed by atoms with Gasteiger partial charge in [0.25, 0.3) is 0 Å². The van der Waals surface area contributed by atoms with Crippen LogP contribution in [0, 0.1) is 22.7 Å². The van der Waals surface area contributed by atoms with Gasteiger partial charge in [0, 0.05) is 11.4 Å². The molecule has 0 atom stereocenters. The van der Waals surface area contributed by atoms with Crippen molar-refractivity contribution >= 4 is 35.0 Å². The zero-order valence-electron chi connectivity index (χ0n) is 14.6. The quantitative estimate of drug-likeness (QED) is 0.734. The van der Waals surface area contributed by atoms with E-state index in [1.54, 1.807) is 48.5 Å². The highest BCUT2D eigenvalue weighted by atomic mass is 32.2. The van der Waals surface area contributed by atoms with Gasteiger partial charge in [0.1, 0.15) is 0 Å². The van der Waals surface area contributed by atoms with E-state index in [1.165, 1.54) is 11.8 Å². The minimum absolute atomic E-state index is 0.161. The van der Waals surface area contributed by atoms with E-state index < -0.39 is 0 Å². The Morgan fingerprint density at radius 1 is 0.741 bits per heavy atom. The molecule has 136 valence electrons. The molecule has 0 heterocycles. The third-order valence-corrected chi connectivity index (χ3v) is 4.44. The second-order valence-corrected chi connectivity index (χ2v) is 6.64. The molecule has 7 heteroatoms. The van der Waals surface area contributed by atoms with Crippen LogP contribution in [0.5, 0.6) is 0 Å². The van der Waals surface area contributed by atoms with Gasteiger partial charge in [0.05, 0.1) is 36.5 Å². The van der Waals surface area contributed by atoms with E-state index in [9.17, 15) is 9.59 Å². The number of nitrogens with one attached hydrogen (secondary N) is 2. The largest absolute Gasteiger partial charge is 0.325 e. The highest BCUT2D eigenvalue weighted by molar-refractivity contribution is 8.00. The number of rotatable bonds is 8.